The Kier molecular flexibility index (Phi) is 8.32. The highest BCUT2D eigenvalue weighted by Gasteiger charge is 2.24. The fourth-order valence-corrected chi connectivity index (χ4v) is 3.29. The molecule has 0 bridgehead atoms. The van der Waals surface area contributed by atoms with Crippen LogP contribution in [0.25, 0.3) is 0 Å². The van der Waals surface area contributed by atoms with Crippen molar-refractivity contribution in [1.29, 1.82) is 0 Å². The van der Waals surface area contributed by atoms with Crippen molar-refractivity contribution in [3.63, 3.8) is 0 Å². The lowest BCUT2D eigenvalue weighted by molar-refractivity contribution is -0.121. The van der Waals surface area contributed by atoms with Crippen LogP contribution in [0.3, 0.4) is 0 Å². The minimum Gasteiger partial charge on any atom is -0.352 e. The Balaban J connectivity index is 0.00000243. The third-order valence-corrected chi connectivity index (χ3v) is 4.85. The van der Waals surface area contributed by atoms with Gasteiger partial charge >= 0.3 is 0 Å². The lowest BCUT2D eigenvalue weighted by Crippen LogP contribution is -2.47. The van der Waals surface area contributed by atoms with Gasteiger partial charge in [-0.25, -0.2) is 0 Å². The Morgan fingerprint density at radius 3 is 2.92 bits per heavy atom. The molecular formula is C19H24Cl2N4O. The highest BCUT2D eigenvalue weighted by Crippen LogP contribution is 2.21. The number of hydrogen-bond donors (Lipinski definition) is 2. The molecule has 1 aromatic carbocycles. The predicted molar refractivity (Wildman–Crippen MR) is 107 cm³/mol. The zero-order valence-corrected chi connectivity index (χ0v) is 16.1. The van der Waals surface area contributed by atoms with Crippen molar-refractivity contribution < 1.29 is 4.79 Å². The summed E-state index contributed by atoms with van der Waals surface area (Å²) in [6.45, 7) is 3.95. The van der Waals surface area contributed by atoms with Crippen LogP contribution < -0.4 is 10.6 Å². The van der Waals surface area contributed by atoms with Gasteiger partial charge in [0.05, 0.1) is 0 Å². The van der Waals surface area contributed by atoms with E-state index >= 15 is 0 Å². The summed E-state index contributed by atoms with van der Waals surface area (Å²) < 4.78 is 0. The van der Waals surface area contributed by atoms with E-state index in [2.05, 4.69) is 26.6 Å². The fourth-order valence-electron chi connectivity index (χ4n) is 3.08. The van der Waals surface area contributed by atoms with E-state index in [1.807, 2.05) is 36.5 Å². The summed E-state index contributed by atoms with van der Waals surface area (Å²) in [5.41, 5.74) is 2.12. The van der Waals surface area contributed by atoms with Crippen LogP contribution in [0.5, 0.6) is 0 Å². The molecule has 1 aliphatic rings. The van der Waals surface area contributed by atoms with E-state index in [0.29, 0.717) is 18.0 Å². The van der Waals surface area contributed by atoms with Gasteiger partial charge < -0.3 is 10.6 Å². The van der Waals surface area contributed by atoms with Crippen molar-refractivity contribution in [3.8, 4) is 0 Å². The van der Waals surface area contributed by atoms with Crippen molar-refractivity contribution in [2.24, 2.45) is 0 Å². The monoisotopic (exact) mass is 394 g/mol. The van der Waals surface area contributed by atoms with Gasteiger partial charge in [-0.3, -0.25) is 14.7 Å². The van der Waals surface area contributed by atoms with Gasteiger partial charge in [0.15, 0.2) is 0 Å². The topological polar surface area (TPSA) is 57.3 Å². The number of nitrogens with zero attached hydrogens (tertiary/aromatic N) is 2. The molecule has 3 rings (SSSR count). The highest BCUT2D eigenvalue weighted by molar-refractivity contribution is 6.31. The smallest absolute Gasteiger partial charge is 0.221 e. The van der Waals surface area contributed by atoms with Crippen LogP contribution in [0, 0.1) is 0 Å². The maximum Gasteiger partial charge on any atom is 0.221 e. The lowest BCUT2D eigenvalue weighted by atomic mass is 10.1. The Morgan fingerprint density at radius 1 is 1.31 bits per heavy atom. The molecule has 26 heavy (non-hydrogen) atoms. The first-order valence-corrected chi connectivity index (χ1v) is 8.96. The molecule has 1 saturated heterocycles. The first kappa shape index (κ1) is 20.6. The molecule has 5 nitrogen and oxygen atoms in total. The second-order valence-electron chi connectivity index (χ2n) is 6.16. The average Bonchev–Trinajstić information content (AvgIpc) is 2.66. The number of rotatable bonds is 6. The third kappa shape index (κ3) is 5.68. The quantitative estimate of drug-likeness (QED) is 0.790. The van der Waals surface area contributed by atoms with Crippen LogP contribution >= 0.6 is 24.0 Å². The van der Waals surface area contributed by atoms with E-state index in [-0.39, 0.29) is 24.4 Å². The first-order chi connectivity index (χ1) is 12.2. The molecule has 1 atom stereocenters. The van der Waals surface area contributed by atoms with Gasteiger partial charge in [0, 0.05) is 62.6 Å². The molecular weight excluding hydrogens is 371 g/mol. The largest absolute Gasteiger partial charge is 0.352 e. The summed E-state index contributed by atoms with van der Waals surface area (Å²) in [7, 11) is 0. The Morgan fingerprint density at radius 2 is 2.15 bits per heavy atom. The molecule has 7 heteroatoms. The molecule has 1 unspecified atom stereocenters. The molecule has 2 aromatic rings. The predicted octanol–water partition coefficient (Wildman–Crippen LogP) is 2.81. The molecule has 0 radical (unpaired) electrons. The van der Waals surface area contributed by atoms with Crippen LogP contribution in [0.2, 0.25) is 5.02 Å². The summed E-state index contributed by atoms with van der Waals surface area (Å²) in [4.78, 5) is 18.8. The fraction of sp³-hybridized carbons (Fsp3) is 0.368. The SMILES string of the molecule is Cl.O=C(CCN1CCNCC1c1cccnc1)NCc1ccccc1Cl. The number of piperazine rings is 1. The van der Waals surface area contributed by atoms with E-state index in [4.69, 9.17) is 11.6 Å². The highest BCUT2D eigenvalue weighted by atomic mass is 35.5. The number of nitrogens with one attached hydrogen (secondary N) is 2. The standard InChI is InChI=1S/C19H23ClN4O.ClH/c20-17-6-2-1-4-15(17)13-23-19(25)7-10-24-11-9-22-14-18(24)16-5-3-8-21-12-16;/h1-6,8,12,18,22H,7,9-11,13-14H2,(H,23,25);1H. The van der Waals surface area contributed by atoms with Gasteiger partial charge in [-0.15, -0.1) is 12.4 Å². The average molecular weight is 395 g/mol. The summed E-state index contributed by atoms with van der Waals surface area (Å²) >= 11 is 6.12. The second kappa shape index (κ2) is 10.5. The molecule has 0 spiro atoms. The number of amides is 1. The van der Waals surface area contributed by atoms with E-state index in [0.717, 1.165) is 31.7 Å². The van der Waals surface area contributed by atoms with E-state index < -0.39 is 0 Å². The zero-order valence-electron chi connectivity index (χ0n) is 14.5. The molecule has 2 heterocycles. The number of aromatic nitrogens is 1. The van der Waals surface area contributed by atoms with E-state index in [1.165, 1.54) is 5.56 Å². The second-order valence-corrected chi connectivity index (χ2v) is 6.57. The number of hydrogen-bond acceptors (Lipinski definition) is 4. The molecule has 1 fully saturated rings. The van der Waals surface area contributed by atoms with Gasteiger partial charge in [0.25, 0.3) is 0 Å². The molecule has 0 saturated carbocycles. The van der Waals surface area contributed by atoms with E-state index in [9.17, 15) is 4.79 Å². The molecule has 140 valence electrons. The van der Waals surface area contributed by atoms with Crippen molar-refractivity contribution in [2.75, 3.05) is 26.2 Å². The maximum absolute atomic E-state index is 12.2. The van der Waals surface area contributed by atoms with Gasteiger partial charge in [-0.2, -0.15) is 0 Å². The minimum atomic E-state index is 0. The number of carbonyl (C=O) groups is 1. The summed E-state index contributed by atoms with van der Waals surface area (Å²) in [6.07, 6.45) is 4.16. The lowest BCUT2D eigenvalue weighted by Gasteiger charge is -2.36. The van der Waals surface area contributed by atoms with Crippen molar-refractivity contribution >= 4 is 29.9 Å². The molecule has 1 aliphatic heterocycles. The van der Waals surface area contributed by atoms with Crippen molar-refractivity contribution in [2.45, 2.75) is 19.0 Å². The van der Waals surface area contributed by atoms with Gasteiger partial charge in [-0.1, -0.05) is 35.9 Å². The van der Waals surface area contributed by atoms with Gasteiger partial charge in [-0.05, 0) is 23.3 Å². The number of halogens is 2. The maximum atomic E-state index is 12.2. The van der Waals surface area contributed by atoms with Crippen molar-refractivity contribution in [3.05, 3.63) is 64.9 Å². The van der Waals surface area contributed by atoms with Crippen LogP contribution in [0.15, 0.2) is 48.8 Å². The minimum absolute atomic E-state index is 0. The number of carbonyl (C=O) groups excluding carboxylic acids is 1. The van der Waals surface area contributed by atoms with Crippen molar-refractivity contribution in [1.82, 2.24) is 20.5 Å². The molecule has 1 aromatic heterocycles. The normalized spacial score (nSPS) is 17.3. The van der Waals surface area contributed by atoms with E-state index in [1.54, 1.807) is 6.20 Å². The number of benzene rings is 1. The van der Waals surface area contributed by atoms with Crippen LogP contribution in [-0.2, 0) is 11.3 Å². The van der Waals surface area contributed by atoms with Crippen LogP contribution in [0.1, 0.15) is 23.6 Å². The van der Waals surface area contributed by atoms with Gasteiger partial charge in [0.1, 0.15) is 0 Å². The Labute approximate surface area is 165 Å². The summed E-state index contributed by atoms with van der Waals surface area (Å²) in [6, 6.07) is 11.9. The molecule has 1 amide bonds. The number of pyridine rings is 1. The third-order valence-electron chi connectivity index (χ3n) is 4.48. The zero-order chi connectivity index (χ0) is 17.5. The summed E-state index contributed by atoms with van der Waals surface area (Å²) in [5, 5.41) is 7.06. The van der Waals surface area contributed by atoms with Crippen LogP contribution in [-0.4, -0.2) is 42.0 Å². The first-order valence-electron chi connectivity index (χ1n) is 8.59. The Hall–Kier alpha value is -1.66. The Bertz CT molecular complexity index is 699. The van der Waals surface area contributed by atoms with Crippen LogP contribution in [0.4, 0.5) is 0 Å². The molecule has 2 N–H and O–H groups in total. The van der Waals surface area contributed by atoms with Gasteiger partial charge in [0.2, 0.25) is 5.91 Å². The molecule has 0 aliphatic carbocycles. The summed E-state index contributed by atoms with van der Waals surface area (Å²) in [5.74, 6) is 0.0448.